The van der Waals surface area contributed by atoms with Gasteiger partial charge in [0.1, 0.15) is 5.15 Å². The van der Waals surface area contributed by atoms with Gasteiger partial charge in [-0.15, -0.1) is 0 Å². The molecule has 0 spiro atoms. The van der Waals surface area contributed by atoms with Crippen molar-refractivity contribution in [1.29, 1.82) is 0 Å². The molecular formula is C14H11ClF3NO. The van der Waals surface area contributed by atoms with Crippen LogP contribution in [0.1, 0.15) is 22.8 Å². The number of hydrogen-bond acceptors (Lipinski definition) is 2. The number of alkyl halides is 3. The van der Waals surface area contributed by atoms with Crippen LogP contribution >= 0.6 is 11.6 Å². The first-order valence-electron chi connectivity index (χ1n) is 5.82. The Morgan fingerprint density at radius 2 is 1.80 bits per heavy atom. The molecule has 0 radical (unpaired) electrons. The molecule has 0 aliphatic rings. The lowest BCUT2D eigenvalue weighted by atomic mass is 10.0. The van der Waals surface area contributed by atoms with E-state index in [1.165, 1.54) is 24.4 Å². The van der Waals surface area contributed by atoms with E-state index in [4.69, 9.17) is 11.6 Å². The topological polar surface area (TPSA) is 33.1 Å². The van der Waals surface area contributed by atoms with Crippen molar-refractivity contribution in [2.45, 2.75) is 18.7 Å². The zero-order valence-corrected chi connectivity index (χ0v) is 11.0. The summed E-state index contributed by atoms with van der Waals surface area (Å²) in [4.78, 5) is 3.80. The number of rotatable bonds is 3. The fourth-order valence-electron chi connectivity index (χ4n) is 1.80. The second-order valence-corrected chi connectivity index (χ2v) is 4.71. The summed E-state index contributed by atoms with van der Waals surface area (Å²) in [5, 5.41) is 10.3. The summed E-state index contributed by atoms with van der Waals surface area (Å²) < 4.78 is 37.3. The molecule has 0 saturated heterocycles. The molecule has 1 N–H and O–H groups in total. The number of aliphatic hydroxyl groups excluding tert-OH is 1. The van der Waals surface area contributed by atoms with E-state index in [-0.39, 0.29) is 11.6 Å². The molecule has 1 aromatic heterocycles. The third-order valence-electron chi connectivity index (χ3n) is 2.85. The van der Waals surface area contributed by atoms with Gasteiger partial charge in [0, 0.05) is 12.6 Å². The molecule has 6 heteroatoms. The quantitative estimate of drug-likeness (QED) is 0.868. The maximum atomic E-state index is 12.4. The van der Waals surface area contributed by atoms with Gasteiger partial charge in [-0.1, -0.05) is 23.7 Å². The van der Waals surface area contributed by atoms with E-state index in [0.717, 1.165) is 12.1 Å². The monoisotopic (exact) mass is 301 g/mol. The standard InChI is InChI=1S/C14H11ClF3NO/c15-13-8-10(5-6-19-13)12(20)7-9-1-3-11(4-2-9)14(16,17)18/h1-6,8,12,20H,7H2. The van der Waals surface area contributed by atoms with Crippen LogP contribution in [0.15, 0.2) is 42.6 Å². The van der Waals surface area contributed by atoms with Gasteiger partial charge in [-0.3, -0.25) is 0 Å². The van der Waals surface area contributed by atoms with Gasteiger partial charge >= 0.3 is 6.18 Å². The third-order valence-corrected chi connectivity index (χ3v) is 3.05. The minimum atomic E-state index is -4.35. The van der Waals surface area contributed by atoms with Crippen LogP contribution in [0.5, 0.6) is 0 Å². The number of halogens is 4. The summed E-state index contributed by atoms with van der Waals surface area (Å²) in [7, 11) is 0. The van der Waals surface area contributed by atoms with Gasteiger partial charge < -0.3 is 5.11 Å². The van der Waals surface area contributed by atoms with Crippen LogP contribution < -0.4 is 0 Å². The smallest absolute Gasteiger partial charge is 0.388 e. The Labute approximate surface area is 118 Å². The van der Waals surface area contributed by atoms with Gasteiger partial charge in [0.2, 0.25) is 0 Å². The van der Waals surface area contributed by atoms with E-state index in [2.05, 4.69) is 4.98 Å². The van der Waals surface area contributed by atoms with Gasteiger partial charge in [-0.2, -0.15) is 13.2 Å². The molecule has 2 rings (SSSR count). The van der Waals surface area contributed by atoms with E-state index < -0.39 is 17.8 Å². The summed E-state index contributed by atoms with van der Waals surface area (Å²) in [5.74, 6) is 0. The Balaban J connectivity index is 2.10. The summed E-state index contributed by atoms with van der Waals surface area (Å²) in [6, 6.07) is 7.85. The van der Waals surface area contributed by atoms with Crippen molar-refractivity contribution in [3.05, 3.63) is 64.4 Å². The van der Waals surface area contributed by atoms with E-state index >= 15 is 0 Å². The normalized spacial score (nSPS) is 13.2. The molecule has 1 unspecified atom stereocenters. The zero-order valence-electron chi connectivity index (χ0n) is 10.2. The number of pyridine rings is 1. The summed E-state index contributed by atoms with van der Waals surface area (Å²) in [6.07, 6.45) is -3.52. The largest absolute Gasteiger partial charge is 0.416 e. The second-order valence-electron chi connectivity index (χ2n) is 4.33. The van der Waals surface area contributed by atoms with Crippen LogP contribution in [0.3, 0.4) is 0 Å². The molecular weight excluding hydrogens is 291 g/mol. The van der Waals surface area contributed by atoms with Crippen molar-refractivity contribution in [1.82, 2.24) is 4.98 Å². The number of nitrogens with zero attached hydrogens (tertiary/aromatic N) is 1. The molecule has 0 bridgehead atoms. The first-order chi connectivity index (χ1) is 9.36. The molecule has 2 aromatic rings. The summed E-state index contributed by atoms with van der Waals surface area (Å²) in [6.45, 7) is 0. The molecule has 0 amide bonds. The van der Waals surface area contributed by atoms with Crippen molar-refractivity contribution < 1.29 is 18.3 Å². The Hall–Kier alpha value is -1.59. The minimum absolute atomic E-state index is 0.207. The lowest BCUT2D eigenvalue weighted by molar-refractivity contribution is -0.137. The first-order valence-corrected chi connectivity index (χ1v) is 6.20. The lowest BCUT2D eigenvalue weighted by Crippen LogP contribution is -2.06. The van der Waals surface area contributed by atoms with E-state index in [1.807, 2.05) is 0 Å². The Kier molecular flexibility index (Phi) is 4.30. The van der Waals surface area contributed by atoms with Crippen LogP contribution in [0, 0.1) is 0 Å². The molecule has 0 aliphatic heterocycles. The average Bonchev–Trinajstić information content (AvgIpc) is 2.38. The number of aromatic nitrogens is 1. The fourth-order valence-corrected chi connectivity index (χ4v) is 1.98. The third kappa shape index (κ3) is 3.71. The van der Waals surface area contributed by atoms with E-state index in [1.54, 1.807) is 6.07 Å². The molecule has 2 nitrogen and oxygen atoms in total. The number of hydrogen-bond donors (Lipinski definition) is 1. The van der Waals surface area contributed by atoms with Crippen molar-refractivity contribution in [3.8, 4) is 0 Å². The second kappa shape index (κ2) is 5.81. The SMILES string of the molecule is OC(Cc1ccc(C(F)(F)F)cc1)c1ccnc(Cl)c1. The summed E-state index contributed by atoms with van der Waals surface area (Å²) >= 11 is 5.72. The van der Waals surface area contributed by atoms with Crippen molar-refractivity contribution >= 4 is 11.6 Å². The maximum Gasteiger partial charge on any atom is 0.416 e. The number of benzene rings is 1. The predicted molar refractivity (Wildman–Crippen MR) is 69.4 cm³/mol. The predicted octanol–water partition coefficient (Wildman–Crippen LogP) is 4.03. The van der Waals surface area contributed by atoms with Gasteiger partial charge in [0.25, 0.3) is 0 Å². The highest BCUT2D eigenvalue weighted by molar-refractivity contribution is 6.29. The summed E-state index contributed by atoms with van der Waals surface area (Å²) in [5.41, 5.74) is 0.478. The van der Waals surface area contributed by atoms with Crippen molar-refractivity contribution in [2.24, 2.45) is 0 Å². The van der Waals surface area contributed by atoms with Crippen LogP contribution in [0.2, 0.25) is 5.15 Å². The highest BCUT2D eigenvalue weighted by atomic mass is 35.5. The van der Waals surface area contributed by atoms with Crippen LogP contribution in [0.25, 0.3) is 0 Å². The minimum Gasteiger partial charge on any atom is -0.388 e. The zero-order chi connectivity index (χ0) is 14.8. The molecule has 0 aliphatic carbocycles. The Morgan fingerprint density at radius 3 is 2.35 bits per heavy atom. The molecule has 1 atom stereocenters. The maximum absolute atomic E-state index is 12.4. The Morgan fingerprint density at radius 1 is 1.15 bits per heavy atom. The van der Waals surface area contributed by atoms with Crippen LogP contribution in [-0.2, 0) is 12.6 Å². The van der Waals surface area contributed by atoms with E-state index in [0.29, 0.717) is 11.1 Å². The van der Waals surface area contributed by atoms with Gasteiger partial charge in [-0.05, 0) is 35.4 Å². The first kappa shape index (κ1) is 14.8. The van der Waals surface area contributed by atoms with Gasteiger partial charge in [-0.25, -0.2) is 4.98 Å². The molecule has 20 heavy (non-hydrogen) atoms. The Bertz CT molecular complexity index is 584. The van der Waals surface area contributed by atoms with Crippen LogP contribution in [-0.4, -0.2) is 10.1 Å². The molecule has 0 saturated carbocycles. The lowest BCUT2D eigenvalue weighted by Gasteiger charge is -2.12. The molecule has 0 fully saturated rings. The van der Waals surface area contributed by atoms with Gasteiger partial charge in [0.05, 0.1) is 11.7 Å². The van der Waals surface area contributed by atoms with Crippen LogP contribution in [0.4, 0.5) is 13.2 Å². The average molecular weight is 302 g/mol. The molecule has 106 valence electrons. The molecule has 1 heterocycles. The number of aliphatic hydroxyl groups is 1. The fraction of sp³-hybridized carbons (Fsp3) is 0.214. The highest BCUT2D eigenvalue weighted by Crippen LogP contribution is 2.29. The van der Waals surface area contributed by atoms with Crippen molar-refractivity contribution in [3.63, 3.8) is 0 Å². The van der Waals surface area contributed by atoms with Crippen molar-refractivity contribution in [2.75, 3.05) is 0 Å². The van der Waals surface area contributed by atoms with E-state index in [9.17, 15) is 18.3 Å². The molecule has 1 aromatic carbocycles. The van der Waals surface area contributed by atoms with Gasteiger partial charge in [0.15, 0.2) is 0 Å². The highest BCUT2D eigenvalue weighted by Gasteiger charge is 2.29.